The van der Waals surface area contributed by atoms with E-state index in [0.29, 0.717) is 17.8 Å². The molecule has 2 aromatic rings. The first kappa shape index (κ1) is 16.0. The van der Waals surface area contributed by atoms with Gasteiger partial charge in [0.15, 0.2) is 0 Å². The predicted octanol–water partition coefficient (Wildman–Crippen LogP) is 2.20. The van der Waals surface area contributed by atoms with Gasteiger partial charge in [-0.3, -0.25) is 14.5 Å². The molecule has 1 aromatic heterocycles. The van der Waals surface area contributed by atoms with Crippen LogP contribution in [0.3, 0.4) is 0 Å². The van der Waals surface area contributed by atoms with E-state index in [4.69, 9.17) is 4.74 Å². The van der Waals surface area contributed by atoms with Crippen molar-refractivity contribution in [3.8, 4) is 0 Å². The molecule has 25 heavy (non-hydrogen) atoms. The van der Waals surface area contributed by atoms with Gasteiger partial charge in [0.25, 0.3) is 5.91 Å². The zero-order chi connectivity index (χ0) is 17.4. The minimum Gasteiger partial charge on any atom is -0.457 e. The van der Waals surface area contributed by atoms with E-state index in [0.717, 1.165) is 28.0 Å². The monoisotopic (exact) mass is 359 g/mol. The molecule has 2 aliphatic rings. The van der Waals surface area contributed by atoms with Crippen LogP contribution in [0.25, 0.3) is 10.2 Å². The summed E-state index contributed by atoms with van der Waals surface area (Å²) < 4.78 is 6.22. The van der Waals surface area contributed by atoms with E-state index in [9.17, 15) is 14.4 Å². The number of aromatic nitrogens is 1. The van der Waals surface area contributed by atoms with Crippen molar-refractivity contribution in [2.75, 3.05) is 6.54 Å². The van der Waals surface area contributed by atoms with Crippen LogP contribution >= 0.6 is 11.3 Å². The Morgan fingerprint density at radius 2 is 2.04 bits per heavy atom. The molecule has 1 N–H and O–H groups in total. The highest BCUT2D eigenvalue weighted by atomic mass is 32.1. The van der Waals surface area contributed by atoms with Crippen LogP contribution in [-0.4, -0.2) is 39.9 Å². The Hall–Kier alpha value is -2.48. The van der Waals surface area contributed by atoms with Gasteiger partial charge in [-0.2, -0.15) is 0 Å². The summed E-state index contributed by atoms with van der Waals surface area (Å²) >= 11 is 1.45. The number of benzene rings is 1. The number of hydrogen-bond donors (Lipinski definition) is 1. The fourth-order valence-corrected chi connectivity index (χ4v) is 4.32. The summed E-state index contributed by atoms with van der Waals surface area (Å²) in [4.78, 5) is 42.0. The number of carbonyl (C=O) groups excluding carboxylic acids is 3. The summed E-state index contributed by atoms with van der Waals surface area (Å²) in [6.07, 6.45) is 3.08. The SMILES string of the molecule is O=C(CN1C(=O)NC2(CCCC2)C1=O)OCc1nc2ccccc2s1. The quantitative estimate of drug-likeness (QED) is 0.668. The normalized spacial score (nSPS) is 19.0. The molecule has 1 saturated carbocycles. The summed E-state index contributed by atoms with van der Waals surface area (Å²) in [6, 6.07) is 7.16. The zero-order valence-corrected chi connectivity index (χ0v) is 14.3. The second-order valence-corrected chi connectivity index (χ2v) is 7.46. The zero-order valence-electron chi connectivity index (χ0n) is 13.5. The Morgan fingerprint density at radius 1 is 1.28 bits per heavy atom. The molecule has 1 saturated heterocycles. The summed E-state index contributed by atoms with van der Waals surface area (Å²) in [5, 5.41) is 3.43. The number of ether oxygens (including phenoxy) is 1. The molecular weight excluding hydrogens is 342 g/mol. The van der Waals surface area contributed by atoms with Crippen molar-refractivity contribution in [2.45, 2.75) is 37.8 Å². The standard InChI is InChI=1S/C17H17N3O4S/c21-14(24-10-13-18-11-5-1-2-6-12(11)25-13)9-20-15(22)17(19-16(20)23)7-3-4-8-17/h1-2,5-6H,3-4,7-10H2,(H,19,23). The van der Waals surface area contributed by atoms with Crippen molar-refractivity contribution in [3.63, 3.8) is 0 Å². The van der Waals surface area contributed by atoms with Gasteiger partial charge in [0.05, 0.1) is 10.2 Å². The van der Waals surface area contributed by atoms with E-state index in [1.54, 1.807) is 0 Å². The third-order valence-corrected chi connectivity index (χ3v) is 5.69. The lowest BCUT2D eigenvalue weighted by Crippen LogP contribution is -2.44. The molecule has 0 unspecified atom stereocenters. The molecule has 2 fully saturated rings. The molecule has 0 atom stereocenters. The van der Waals surface area contributed by atoms with Crippen LogP contribution < -0.4 is 5.32 Å². The van der Waals surface area contributed by atoms with Crippen molar-refractivity contribution in [2.24, 2.45) is 0 Å². The van der Waals surface area contributed by atoms with Gasteiger partial charge in [0, 0.05) is 0 Å². The number of urea groups is 1. The molecule has 1 aliphatic heterocycles. The van der Waals surface area contributed by atoms with Gasteiger partial charge < -0.3 is 10.1 Å². The number of para-hydroxylation sites is 1. The fourth-order valence-electron chi connectivity index (χ4n) is 3.44. The number of imide groups is 1. The maximum Gasteiger partial charge on any atom is 0.326 e. The maximum absolute atomic E-state index is 12.5. The van der Waals surface area contributed by atoms with Gasteiger partial charge in [-0.05, 0) is 25.0 Å². The van der Waals surface area contributed by atoms with Crippen LogP contribution in [0.4, 0.5) is 4.79 Å². The first-order valence-electron chi connectivity index (χ1n) is 8.22. The molecule has 8 heteroatoms. The third-order valence-electron chi connectivity index (χ3n) is 4.69. The van der Waals surface area contributed by atoms with Gasteiger partial charge >= 0.3 is 12.0 Å². The fraction of sp³-hybridized carbons (Fsp3) is 0.412. The van der Waals surface area contributed by atoms with Gasteiger partial charge in [0.1, 0.15) is 23.7 Å². The van der Waals surface area contributed by atoms with Crippen molar-refractivity contribution in [1.82, 2.24) is 15.2 Å². The molecule has 130 valence electrons. The number of amides is 3. The predicted molar refractivity (Wildman–Crippen MR) is 90.9 cm³/mol. The van der Waals surface area contributed by atoms with Gasteiger partial charge in [-0.1, -0.05) is 25.0 Å². The van der Waals surface area contributed by atoms with E-state index in [1.165, 1.54) is 11.3 Å². The summed E-state index contributed by atoms with van der Waals surface area (Å²) in [7, 11) is 0. The number of hydrogen-bond acceptors (Lipinski definition) is 6. The highest BCUT2D eigenvalue weighted by Gasteiger charge is 2.52. The van der Waals surface area contributed by atoms with Crippen molar-refractivity contribution < 1.29 is 19.1 Å². The Balaban J connectivity index is 1.37. The topological polar surface area (TPSA) is 88.6 Å². The highest BCUT2D eigenvalue weighted by Crippen LogP contribution is 2.34. The van der Waals surface area contributed by atoms with E-state index in [1.807, 2.05) is 24.3 Å². The van der Waals surface area contributed by atoms with E-state index < -0.39 is 17.5 Å². The van der Waals surface area contributed by atoms with E-state index in [2.05, 4.69) is 10.3 Å². The molecule has 1 spiro atoms. The lowest BCUT2D eigenvalue weighted by atomic mass is 9.98. The van der Waals surface area contributed by atoms with Gasteiger partial charge in [0.2, 0.25) is 0 Å². The van der Waals surface area contributed by atoms with Crippen LogP contribution in [0, 0.1) is 0 Å². The largest absolute Gasteiger partial charge is 0.457 e. The molecule has 0 radical (unpaired) electrons. The molecule has 7 nitrogen and oxygen atoms in total. The number of esters is 1. The number of thiazole rings is 1. The van der Waals surface area contributed by atoms with E-state index in [-0.39, 0.29) is 19.1 Å². The average Bonchev–Trinajstić information content (AvgIpc) is 3.28. The van der Waals surface area contributed by atoms with Crippen LogP contribution in [0.1, 0.15) is 30.7 Å². The average molecular weight is 359 g/mol. The van der Waals surface area contributed by atoms with Crippen LogP contribution in [0.5, 0.6) is 0 Å². The molecule has 0 bridgehead atoms. The van der Waals surface area contributed by atoms with Crippen LogP contribution in [0.2, 0.25) is 0 Å². The summed E-state index contributed by atoms with van der Waals surface area (Å²) in [5.41, 5.74) is 0.0560. The number of carbonyl (C=O) groups is 3. The van der Waals surface area contributed by atoms with Crippen molar-refractivity contribution >= 4 is 39.5 Å². The summed E-state index contributed by atoms with van der Waals surface area (Å²) in [5.74, 6) is -0.926. The number of nitrogens with zero attached hydrogens (tertiary/aromatic N) is 2. The minimum atomic E-state index is -0.801. The Bertz CT molecular complexity index is 823. The number of rotatable bonds is 4. The van der Waals surface area contributed by atoms with Crippen LogP contribution in [0.15, 0.2) is 24.3 Å². The molecule has 3 amide bonds. The molecule has 1 aromatic carbocycles. The second-order valence-electron chi connectivity index (χ2n) is 6.35. The van der Waals surface area contributed by atoms with Gasteiger partial charge in [-0.25, -0.2) is 9.78 Å². The lowest BCUT2D eigenvalue weighted by Gasteiger charge is -2.19. The Labute approximate surface area is 148 Å². The molecule has 4 rings (SSSR count). The first-order valence-corrected chi connectivity index (χ1v) is 9.03. The highest BCUT2D eigenvalue weighted by molar-refractivity contribution is 7.18. The Kier molecular flexibility index (Phi) is 3.91. The molecule has 2 heterocycles. The summed E-state index contributed by atoms with van der Waals surface area (Å²) in [6.45, 7) is -0.329. The van der Waals surface area contributed by atoms with Crippen molar-refractivity contribution in [1.29, 1.82) is 0 Å². The second kappa shape index (κ2) is 6.11. The Morgan fingerprint density at radius 3 is 2.80 bits per heavy atom. The lowest BCUT2D eigenvalue weighted by molar-refractivity contribution is -0.148. The number of fused-ring (bicyclic) bond motifs is 1. The number of nitrogens with one attached hydrogen (secondary N) is 1. The smallest absolute Gasteiger partial charge is 0.326 e. The third kappa shape index (κ3) is 2.86. The van der Waals surface area contributed by atoms with E-state index >= 15 is 0 Å². The first-order chi connectivity index (χ1) is 12.1. The molecular formula is C17H17N3O4S. The minimum absolute atomic E-state index is 0.0347. The van der Waals surface area contributed by atoms with Gasteiger partial charge in [-0.15, -0.1) is 11.3 Å². The maximum atomic E-state index is 12.5. The van der Waals surface area contributed by atoms with Crippen LogP contribution in [-0.2, 0) is 20.9 Å². The molecule has 1 aliphatic carbocycles. The van der Waals surface area contributed by atoms with Crippen molar-refractivity contribution in [3.05, 3.63) is 29.3 Å².